The molecule has 0 unspecified atom stereocenters. The summed E-state index contributed by atoms with van der Waals surface area (Å²) in [5.41, 5.74) is 2.01. The highest BCUT2D eigenvalue weighted by Crippen LogP contribution is 2.16. The van der Waals surface area contributed by atoms with Gasteiger partial charge in [-0.1, -0.05) is 17.3 Å². The first kappa shape index (κ1) is 9.45. The summed E-state index contributed by atoms with van der Waals surface area (Å²) < 4.78 is 4.93. The fourth-order valence-electron chi connectivity index (χ4n) is 1.27. The predicted molar refractivity (Wildman–Crippen MR) is 55.2 cm³/mol. The third kappa shape index (κ3) is 2.22. The lowest BCUT2D eigenvalue weighted by Gasteiger charge is -1.97. The average Bonchev–Trinajstić information content (AvgIpc) is 2.80. The number of benzene rings is 1. The van der Waals surface area contributed by atoms with Crippen molar-refractivity contribution < 1.29 is 9.63 Å². The van der Waals surface area contributed by atoms with Gasteiger partial charge in [-0.05, 0) is 30.2 Å². The molecule has 2 aromatic rings. The van der Waals surface area contributed by atoms with E-state index >= 15 is 0 Å². The molecule has 0 aliphatic heterocycles. The molecule has 0 aliphatic rings. The van der Waals surface area contributed by atoms with Crippen LogP contribution in [-0.2, 0) is 6.42 Å². The Balaban J connectivity index is 2.17. The zero-order chi connectivity index (χ0) is 10.5. The minimum absolute atomic E-state index is 0.513. The van der Waals surface area contributed by atoms with Gasteiger partial charge in [0.2, 0.25) is 0 Å². The van der Waals surface area contributed by atoms with Gasteiger partial charge in [0, 0.05) is 5.56 Å². The van der Waals surface area contributed by atoms with Crippen molar-refractivity contribution in [3.05, 3.63) is 48.5 Å². The first-order valence-corrected chi connectivity index (χ1v) is 4.55. The lowest BCUT2D eigenvalue weighted by Crippen LogP contribution is -1.82. The highest BCUT2D eigenvalue weighted by Gasteiger charge is 2.02. The van der Waals surface area contributed by atoms with E-state index < -0.39 is 0 Å². The van der Waals surface area contributed by atoms with E-state index in [4.69, 9.17) is 9.63 Å². The predicted octanol–water partition coefficient (Wildman–Crippen LogP) is 2.35. The second-order valence-electron chi connectivity index (χ2n) is 3.03. The third-order valence-corrected chi connectivity index (χ3v) is 2.02. The van der Waals surface area contributed by atoms with Gasteiger partial charge < -0.3 is 9.63 Å². The molecular formula is C11H10N2O2. The molecule has 0 radical (unpaired) electrons. The molecule has 1 N–H and O–H groups in total. The van der Waals surface area contributed by atoms with Crippen LogP contribution in [0.15, 0.2) is 47.5 Å². The number of aliphatic hydroxyl groups excluding tert-OH is 1. The first-order chi connectivity index (χ1) is 7.40. The molecule has 4 heteroatoms. The summed E-state index contributed by atoms with van der Waals surface area (Å²) >= 11 is 0. The van der Waals surface area contributed by atoms with Gasteiger partial charge in [-0.25, -0.2) is 0 Å². The Labute approximate surface area is 86.9 Å². The summed E-state index contributed by atoms with van der Waals surface area (Å²) in [6.07, 6.45) is 4.81. The number of aliphatic hydroxyl groups is 1. The van der Waals surface area contributed by atoms with Crippen LogP contribution in [0.3, 0.4) is 0 Å². The summed E-state index contributed by atoms with van der Waals surface area (Å²) in [5, 5.41) is 12.1. The van der Waals surface area contributed by atoms with Crippen molar-refractivity contribution in [1.82, 2.24) is 10.1 Å². The van der Waals surface area contributed by atoms with Crippen LogP contribution >= 0.6 is 0 Å². The van der Waals surface area contributed by atoms with Gasteiger partial charge in [0.25, 0.3) is 5.89 Å². The zero-order valence-corrected chi connectivity index (χ0v) is 8.00. The Morgan fingerprint density at radius 3 is 2.67 bits per heavy atom. The number of hydrogen-bond donors (Lipinski definition) is 1. The van der Waals surface area contributed by atoms with E-state index in [9.17, 15) is 0 Å². The van der Waals surface area contributed by atoms with Crippen molar-refractivity contribution in [2.75, 3.05) is 0 Å². The fourth-order valence-corrected chi connectivity index (χ4v) is 1.27. The van der Waals surface area contributed by atoms with E-state index in [0.29, 0.717) is 12.3 Å². The third-order valence-electron chi connectivity index (χ3n) is 2.02. The number of nitrogens with zero attached hydrogens (tertiary/aromatic N) is 2. The van der Waals surface area contributed by atoms with E-state index in [-0.39, 0.29) is 0 Å². The maximum atomic E-state index is 8.52. The molecule has 0 aliphatic carbocycles. The van der Waals surface area contributed by atoms with Crippen LogP contribution in [-0.4, -0.2) is 15.2 Å². The van der Waals surface area contributed by atoms with Gasteiger partial charge in [-0.2, -0.15) is 4.98 Å². The number of rotatable bonds is 3. The van der Waals surface area contributed by atoms with Crippen LogP contribution < -0.4 is 0 Å². The second-order valence-corrected chi connectivity index (χ2v) is 3.03. The highest BCUT2D eigenvalue weighted by atomic mass is 16.5. The first-order valence-electron chi connectivity index (χ1n) is 4.55. The molecule has 1 heterocycles. The summed E-state index contributed by atoms with van der Waals surface area (Å²) in [6, 6.07) is 7.74. The van der Waals surface area contributed by atoms with Crippen molar-refractivity contribution >= 4 is 0 Å². The van der Waals surface area contributed by atoms with Crippen molar-refractivity contribution in [1.29, 1.82) is 0 Å². The maximum absolute atomic E-state index is 8.52. The summed E-state index contributed by atoms with van der Waals surface area (Å²) in [5.74, 6) is 0.513. The Kier molecular flexibility index (Phi) is 2.78. The molecule has 0 saturated carbocycles. The standard InChI is InChI=1S/C11H10N2O2/c14-7-1-2-9-3-5-10(6-4-9)11-12-8-13-15-11/h1,3-8,14H,2H2/b7-1+. The molecule has 2 rings (SSSR count). The van der Waals surface area contributed by atoms with Crippen molar-refractivity contribution in [2.24, 2.45) is 0 Å². The lowest BCUT2D eigenvalue weighted by molar-refractivity contribution is 0.430. The topological polar surface area (TPSA) is 59.2 Å². The number of allylic oxidation sites excluding steroid dienone is 1. The van der Waals surface area contributed by atoms with Crippen LogP contribution in [0, 0.1) is 0 Å². The largest absolute Gasteiger partial charge is 0.516 e. The van der Waals surface area contributed by atoms with Crippen molar-refractivity contribution in [3.8, 4) is 11.5 Å². The van der Waals surface area contributed by atoms with Crippen molar-refractivity contribution in [2.45, 2.75) is 6.42 Å². The monoisotopic (exact) mass is 202 g/mol. The lowest BCUT2D eigenvalue weighted by atomic mass is 10.1. The second kappa shape index (κ2) is 4.41. The molecule has 0 saturated heterocycles. The van der Waals surface area contributed by atoms with E-state index in [1.165, 1.54) is 6.33 Å². The Morgan fingerprint density at radius 2 is 2.07 bits per heavy atom. The van der Waals surface area contributed by atoms with E-state index in [1.54, 1.807) is 6.08 Å². The SMILES string of the molecule is O/C=C/Cc1ccc(-c2ncno2)cc1. The smallest absolute Gasteiger partial charge is 0.257 e. The maximum Gasteiger partial charge on any atom is 0.257 e. The quantitative estimate of drug-likeness (QED) is 0.776. The fraction of sp³-hybridized carbons (Fsp3) is 0.0909. The Morgan fingerprint density at radius 1 is 1.27 bits per heavy atom. The summed E-state index contributed by atoms with van der Waals surface area (Å²) in [4.78, 5) is 3.95. The van der Waals surface area contributed by atoms with Crippen LogP contribution in [0.1, 0.15) is 5.56 Å². The Bertz CT molecular complexity index is 432. The molecule has 0 amide bonds. The van der Waals surface area contributed by atoms with Gasteiger partial charge in [0.05, 0.1) is 6.26 Å². The van der Waals surface area contributed by atoms with Crippen LogP contribution in [0.25, 0.3) is 11.5 Å². The molecule has 0 fully saturated rings. The number of aromatic nitrogens is 2. The van der Waals surface area contributed by atoms with E-state index in [1.807, 2.05) is 24.3 Å². The van der Waals surface area contributed by atoms with Gasteiger partial charge in [-0.3, -0.25) is 0 Å². The molecule has 4 nitrogen and oxygen atoms in total. The van der Waals surface area contributed by atoms with Gasteiger partial charge in [-0.15, -0.1) is 0 Å². The van der Waals surface area contributed by atoms with E-state index in [2.05, 4.69) is 10.1 Å². The molecule has 0 spiro atoms. The van der Waals surface area contributed by atoms with Gasteiger partial charge >= 0.3 is 0 Å². The summed E-state index contributed by atoms with van der Waals surface area (Å²) in [6.45, 7) is 0. The molecule has 1 aromatic heterocycles. The molecular weight excluding hydrogens is 192 g/mol. The minimum atomic E-state index is 0.513. The van der Waals surface area contributed by atoms with Crippen LogP contribution in [0.2, 0.25) is 0 Å². The highest BCUT2D eigenvalue weighted by molar-refractivity contribution is 5.52. The molecule has 15 heavy (non-hydrogen) atoms. The minimum Gasteiger partial charge on any atom is -0.516 e. The van der Waals surface area contributed by atoms with Crippen LogP contribution in [0.5, 0.6) is 0 Å². The van der Waals surface area contributed by atoms with Crippen molar-refractivity contribution in [3.63, 3.8) is 0 Å². The molecule has 0 atom stereocenters. The Hall–Kier alpha value is -2.10. The average molecular weight is 202 g/mol. The molecule has 0 bridgehead atoms. The zero-order valence-electron chi connectivity index (χ0n) is 8.00. The number of hydrogen-bond acceptors (Lipinski definition) is 4. The van der Waals surface area contributed by atoms with Gasteiger partial charge in [0.15, 0.2) is 6.33 Å². The van der Waals surface area contributed by atoms with E-state index in [0.717, 1.165) is 17.4 Å². The van der Waals surface area contributed by atoms with Gasteiger partial charge in [0.1, 0.15) is 0 Å². The molecule has 76 valence electrons. The molecule has 1 aromatic carbocycles. The normalized spacial score (nSPS) is 10.9. The summed E-state index contributed by atoms with van der Waals surface area (Å²) in [7, 11) is 0. The van der Waals surface area contributed by atoms with Crippen LogP contribution in [0.4, 0.5) is 0 Å².